The van der Waals surface area contributed by atoms with Gasteiger partial charge in [0.1, 0.15) is 6.04 Å². The summed E-state index contributed by atoms with van der Waals surface area (Å²) >= 11 is 0. The number of carbonyl (C=O) groups is 1. The predicted octanol–water partition coefficient (Wildman–Crippen LogP) is -1.61. The molecule has 0 fully saturated rings. The second-order valence-electron chi connectivity index (χ2n) is 1.13. The molecule has 0 radical (unpaired) electrons. The third-order valence-electron chi connectivity index (χ3n) is 0.514. The fourth-order valence-electron chi connectivity index (χ4n) is 0.0781. The van der Waals surface area contributed by atoms with Crippen molar-refractivity contribution in [1.29, 1.82) is 0 Å². The van der Waals surface area contributed by atoms with Crippen molar-refractivity contribution in [3.05, 3.63) is 0 Å². The van der Waals surface area contributed by atoms with Gasteiger partial charge in [0, 0.05) is 0 Å². The largest absolute Gasteiger partial charge is 0.480 e. The highest BCUT2D eigenvalue weighted by atomic mass is 16.4. The van der Waals surface area contributed by atoms with Gasteiger partial charge in [0.2, 0.25) is 0 Å². The third-order valence-corrected chi connectivity index (χ3v) is 0.514. The van der Waals surface area contributed by atoms with Crippen LogP contribution in [0.1, 0.15) is 0 Å². The van der Waals surface area contributed by atoms with E-state index >= 15 is 0 Å². The van der Waals surface area contributed by atoms with Crippen LogP contribution in [0.2, 0.25) is 0 Å². The molecule has 1 atom stereocenters. The Morgan fingerprint density at radius 1 is 1.86 bits per heavy atom. The van der Waals surface area contributed by atoms with Crippen LogP contribution in [0.3, 0.4) is 0 Å². The van der Waals surface area contributed by atoms with E-state index in [0.29, 0.717) is 0 Å². The summed E-state index contributed by atoms with van der Waals surface area (Å²) < 4.78 is 0. The van der Waals surface area contributed by atoms with E-state index < -0.39 is 18.6 Å². The molecule has 0 saturated heterocycles. The van der Waals surface area contributed by atoms with E-state index in [9.17, 15) is 4.79 Å². The molecule has 0 heterocycles. The van der Waals surface area contributed by atoms with E-state index in [0.717, 1.165) is 0 Å². The van der Waals surface area contributed by atoms with Crippen molar-refractivity contribution in [2.24, 2.45) is 5.73 Å². The first-order valence-corrected chi connectivity index (χ1v) is 1.77. The maximum Gasteiger partial charge on any atom is 0.322 e. The first-order valence-electron chi connectivity index (χ1n) is 1.77. The summed E-state index contributed by atoms with van der Waals surface area (Å²) in [7, 11) is 0. The van der Waals surface area contributed by atoms with Crippen LogP contribution in [0.4, 0.5) is 0 Å². The lowest BCUT2D eigenvalue weighted by atomic mass is 10.8. The SMILES string of the molecule is [15NH2][13C@@H](CO)C(=O)O. The van der Waals surface area contributed by atoms with Gasteiger partial charge < -0.3 is 15.9 Å². The number of aliphatic carboxylic acids is 1. The minimum atomic E-state index is -1.18. The minimum absolute atomic E-state index is 0.505. The Hall–Kier alpha value is -0.610. The van der Waals surface area contributed by atoms with Gasteiger partial charge in [0.05, 0.1) is 6.61 Å². The zero-order valence-corrected chi connectivity index (χ0v) is 3.66. The summed E-state index contributed by atoms with van der Waals surface area (Å²) in [5.74, 6) is -1.18. The van der Waals surface area contributed by atoms with Crippen molar-refractivity contribution in [3.8, 4) is 0 Å². The van der Waals surface area contributed by atoms with Crippen molar-refractivity contribution >= 4 is 5.97 Å². The summed E-state index contributed by atoms with van der Waals surface area (Å²) in [6.07, 6.45) is 0. The molecule has 0 aromatic heterocycles. The third kappa shape index (κ3) is 2.13. The molecule has 0 spiro atoms. The highest BCUT2D eigenvalue weighted by Crippen LogP contribution is 1.71. The maximum atomic E-state index is 9.65. The smallest absolute Gasteiger partial charge is 0.322 e. The van der Waals surface area contributed by atoms with Crippen molar-refractivity contribution in [1.82, 2.24) is 0 Å². The lowest BCUT2D eigenvalue weighted by Gasteiger charge is -1.96. The topological polar surface area (TPSA) is 83.5 Å². The normalized spacial score (nSPS) is 13.4. The van der Waals surface area contributed by atoms with Crippen LogP contribution in [0, 0.1) is 0 Å². The molecule has 0 aliphatic heterocycles. The van der Waals surface area contributed by atoms with E-state index in [4.69, 9.17) is 15.9 Å². The molecule has 0 aromatic rings. The highest BCUT2D eigenvalue weighted by molar-refractivity contribution is 5.73. The molecule has 0 unspecified atom stereocenters. The number of hydrogen-bond donors (Lipinski definition) is 3. The molecule has 0 aliphatic rings. The van der Waals surface area contributed by atoms with Gasteiger partial charge >= 0.3 is 5.97 Å². The van der Waals surface area contributed by atoms with Crippen LogP contribution >= 0.6 is 0 Å². The summed E-state index contributed by atoms with van der Waals surface area (Å²) in [5, 5.41) is 15.9. The number of rotatable bonds is 2. The standard InChI is InChI=1S/C3H7NO3/c4-2(1-5)3(6)7/h2,5H,1,4H2,(H,6,7)/t2-/m0/s1/i2+1,4+1. The molecule has 4 heteroatoms. The second-order valence-corrected chi connectivity index (χ2v) is 1.13. The van der Waals surface area contributed by atoms with Gasteiger partial charge in [0.15, 0.2) is 0 Å². The Morgan fingerprint density at radius 2 is 2.29 bits per heavy atom. The van der Waals surface area contributed by atoms with Gasteiger partial charge in [-0.3, -0.25) is 4.79 Å². The van der Waals surface area contributed by atoms with Crippen LogP contribution in [0.15, 0.2) is 0 Å². The van der Waals surface area contributed by atoms with Crippen molar-refractivity contribution in [3.63, 3.8) is 0 Å². The molecular formula is C3H7NO3. The summed E-state index contributed by atoms with van der Waals surface area (Å²) in [6, 6.07) is -1.13. The number of carboxylic acid groups (broad SMARTS) is 1. The molecule has 0 bridgehead atoms. The molecule has 0 amide bonds. The van der Waals surface area contributed by atoms with Crippen LogP contribution in [0.5, 0.6) is 0 Å². The molecule has 0 aliphatic carbocycles. The zero-order chi connectivity index (χ0) is 5.86. The Bertz CT molecular complexity index is 72.6. The van der Waals surface area contributed by atoms with Crippen molar-refractivity contribution in [2.75, 3.05) is 6.61 Å². The molecule has 0 saturated carbocycles. The van der Waals surface area contributed by atoms with Crippen LogP contribution in [-0.2, 0) is 4.79 Å². The number of hydrogen-bond acceptors (Lipinski definition) is 3. The van der Waals surface area contributed by atoms with Gasteiger partial charge in [0.25, 0.3) is 0 Å². The Labute approximate surface area is 40.6 Å². The van der Waals surface area contributed by atoms with E-state index in [1.54, 1.807) is 0 Å². The quantitative estimate of drug-likeness (QED) is 0.293. The number of aliphatic hydroxyl groups excluding tert-OH is 1. The molecule has 0 rings (SSSR count). The summed E-state index contributed by atoms with van der Waals surface area (Å²) in [5.41, 5.74) is 4.77. The zero-order valence-electron chi connectivity index (χ0n) is 3.66. The monoisotopic (exact) mass is 107 g/mol. The number of nitrogens with two attached hydrogens (primary N) is 1. The van der Waals surface area contributed by atoms with Gasteiger partial charge in [-0.05, 0) is 0 Å². The lowest BCUT2D eigenvalue weighted by molar-refractivity contribution is -0.139. The fourth-order valence-corrected chi connectivity index (χ4v) is 0.0781. The minimum Gasteiger partial charge on any atom is -0.480 e. The second kappa shape index (κ2) is 2.54. The predicted molar refractivity (Wildman–Crippen MR) is 22.7 cm³/mol. The maximum absolute atomic E-state index is 9.65. The van der Waals surface area contributed by atoms with Crippen molar-refractivity contribution in [2.45, 2.75) is 6.04 Å². The van der Waals surface area contributed by atoms with E-state index in [1.807, 2.05) is 0 Å². The van der Waals surface area contributed by atoms with Crippen LogP contribution in [0.25, 0.3) is 0 Å². The molecular weight excluding hydrogens is 100 g/mol. The Morgan fingerprint density at radius 3 is 2.29 bits per heavy atom. The van der Waals surface area contributed by atoms with E-state index in [1.165, 1.54) is 0 Å². The molecule has 4 nitrogen and oxygen atoms in total. The number of aliphatic hydroxyl groups is 1. The summed E-state index contributed by atoms with van der Waals surface area (Å²) in [4.78, 5) is 9.65. The first-order chi connectivity index (χ1) is 3.18. The molecule has 7 heavy (non-hydrogen) atoms. The molecule has 4 N–H and O–H groups in total. The molecule has 0 aromatic carbocycles. The van der Waals surface area contributed by atoms with Gasteiger partial charge in [-0.1, -0.05) is 0 Å². The Balaban J connectivity index is 3.34. The van der Waals surface area contributed by atoms with Crippen molar-refractivity contribution < 1.29 is 15.0 Å². The lowest BCUT2D eigenvalue weighted by Crippen LogP contribution is -2.33. The van der Waals surface area contributed by atoms with Crippen LogP contribution < -0.4 is 5.73 Å². The average molecular weight is 107 g/mol. The van der Waals surface area contributed by atoms with E-state index in [-0.39, 0.29) is 0 Å². The highest BCUT2D eigenvalue weighted by Gasteiger charge is 2.06. The molecule has 42 valence electrons. The van der Waals surface area contributed by atoms with Gasteiger partial charge in [-0.25, -0.2) is 0 Å². The number of carboxylic acids is 1. The van der Waals surface area contributed by atoms with Gasteiger partial charge in [-0.15, -0.1) is 0 Å². The first kappa shape index (κ1) is 6.39. The average Bonchev–Trinajstić information content (AvgIpc) is 1.65. The Kier molecular flexibility index (Phi) is 2.32. The fraction of sp³-hybridized carbons (Fsp3) is 0.667. The van der Waals surface area contributed by atoms with E-state index in [2.05, 4.69) is 0 Å². The van der Waals surface area contributed by atoms with Gasteiger partial charge in [-0.2, -0.15) is 0 Å². The summed E-state index contributed by atoms with van der Waals surface area (Å²) in [6.45, 7) is -0.505. The van der Waals surface area contributed by atoms with Crippen LogP contribution in [-0.4, -0.2) is 28.8 Å².